The van der Waals surface area contributed by atoms with Crippen LogP contribution >= 0.6 is 25.3 Å². The normalized spacial score (nSPS) is 13.5. The number of thiol groups is 2. The summed E-state index contributed by atoms with van der Waals surface area (Å²) in [6, 6.07) is 0. The lowest BCUT2D eigenvalue weighted by Gasteiger charge is -2.06. The predicted octanol–water partition coefficient (Wildman–Crippen LogP) is 1.77. The zero-order valence-electron chi connectivity index (χ0n) is 6.16. The van der Waals surface area contributed by atoms with Crippen LogP contribution in [-0.4, -0.2) is 22.7 Å². The molecule has 0 aromatic rings. The molecule has 62 valence electrons. The van der Waals surface area contributed by atoms with Gasteiger partial charge in [0.2, 0.25) is 0 Å². The minimum Gasteiger partial charge on any atom is -0.393 e. The Morgan fingerprint density at radius 3 is 2.20 bits per heavy atom. The van der Waals surface area contributed by atoms with Gasteiger partial charge in [-0.05, 0) is 30.8 Å². The van der Waals surface area contributed by atoms with Gasteiger partial charge in [0, 0.05) is 0 Å². The molecular formula is C7H16OS2. The fourth-order valence-electron chi connectivity index (χ4n) is 0.785. The van der Waals surface area contributed by atoms with Crippen LogP contribution in [0.4, 0.5) is 0 Å². The van der Waals surface area contributed by atoms with Gasteiger partial charge >= 0.3 is 0 Å². The van der Waals surface area contributed by atoms with Gasteiger partial charge in [0.25, 0.3) is 0 Å². The maximum atomic E-state index is 9.20. The molecule has 0 amide bonds. The first-order valence-electron chi connectivity index (χ1n) is 3.71. The van der Waals surface area contributed by atoms with Crippen LogP contribution in [0, 0.1) is 0 Å². The lowest BCUT2D eigenvalue weighted by Crippen LogP contribution is -2.06. The van der Waals surface area contributed by atoms with E-state index in [-0.39, 0.29) is 6.10 Å². The molecular weight excluding hydrogens is 164 g/mol. The second-order valence-corrected chi connectivity index (χ2v) is 3.28. The average molecular weight is 180 g/mol. The Morgan fingerprint density at radius 2 is 1.70 bits per heavy atom. The molecule has 0 spiro atoms. The quantitative estimate of drug-likeness (QED) is 0.420. The van der Waals surface area contributed by atoms with Crippen molar-refractivity contribution in [2.45, 2.75) is 31.8 Å². The van der Waals surface area contributed by atoms with E-state index in [2.05, 4.69) is 25.3 Å². The second-order valence-electron chi connectivity index (χ2n) is 2.39. The number of aliphatic hydroxyl groups excluding tert-OH is 1. The number of aliphatic hydroxyl groups is 1. The summed E-state index contributed by atoms with van der Waals surface area (Å²) in [5.41, 5.74) is 0. The molecule has 0 saturated carbocycles. The van der Waals surface area contributed by atoms with Crippen molar-refractivity contribution in [1.29, 1.82) is 0 Å². The summed E-state index contributed by atoms with van der Waals surface area (Å²) in [5, 5.41) is 9.20. The van der Waals surface area contributed by atoms with Crippen molar-refractivity contribution in [3.05, 3.63) is 0 Å². The van der Waals surface area contributed by atoms with E-state index in [0.717, 1.165) is 37.2 Å². The van der Waals surface area contributed by atoms with Gasteiger partial charge in [-0.2, -0.15) is 25.3 Å². The number of hydrogen-bond acceptors (Lipinski definition) is 3. The fourth-order valence-corrected chi connectivity index (χ4v) is 1.31. The molecule has 1 atom stereocenters. The third-order valence-corrected chi connectivity index (χ3v) is 1.98. The Balaban J connectivity index is 2.97. The zero-order chi connectivity index (χ0) is 7.82. The molecule has 10 heavy (non-hydrogen) atoms. The highest BCUT2D eigenvalue weighted by molar-refractivity contribution is 7.80. The van der Waals surface area contributed by atoms with Crippen molar-refractivity contribution in [1.82, 2.24) is 0 Å². The third kappa shape index (κ3) is 6.78. The van der Waals surface area contributed by atoms with E-state index in [1.54, 1.807) is 0 Å². The zero-order valence-corrected chi connectivity index (χ0v) is 7.95. The smallest absolute Gasteiger partial charge is 0.0548 e. The minimum atomic E-state index is -0.141. The first-order valence-corrected chi connectivity index (χ1v) is 4.97. The van der Waals surface area contributed by atoms with Crippen molar-refractivity contribution < 1.29 is 5.11 Å². The molecule has 0 aliphatic rings. The van der Waals surface area contributed by atoms with E-state index in [4.69, 9.17) is 0 Å². The van der Waals surface area contributed by atoms with Crippen molar-refractivity contribution in [3.63, 3.8) is 0 Å². The molecule has 0 aliphatic heterocycles. The summed E-state index contributed by atoms with van der Waals surface area (Å²) in [6.07, 6.45) is 3.76. The Kier molecular flexibility index (Phi) is 8.28. The highest BCUT2D eigenvalue weighted by atomic mass is 32.1. The molecule has 1 N–H and O–H groups in total. The molecule has 0 rings (SSSR count). The Hall–Kier alpha value is 0.660. The van der Waals surface area contributed by atoms with Gasteiger partial charge in [-0.25, -0.2) is 0 Å². The largest absolute Gasteiger partial charge is 0.393 e. The first kappa shape index (κ1) is 10.7. The van der Waals surface area contributed by atoms with E-state index in [9.17, 15) is 5.11 Å². The maximum absolute atomic E-state index is 9.20. The Labute approximate surface area is 74.0 Å². The van der Waals surface area contributed by atoms with Crippen LogP contribution in [-0.2, 0) is 0 Å². The van der Waals surface area contributed by atoms with Crippen LogP contribution in [0.25, 0.3) is 0 Å². The molecule has 0 aromatic carbocycles. The monoisotopic (exact) mass is 180 g/mol. The van der Waals surface area contributed by atoms with Crippen LogP contribution in [0.3, 0.4) is 0 Å². The molecule has 0 aliphatic carbocycles. The van der Waals surface area contributed by atoms with E-state index < -0.39 is 0 Å². The van der Waals surface area contributed by atoms with Gasteiger partial charge in [-0.15, -0.1) is 0 Å². The Bertz CT molecular complexity index is 68.6. The summed E-state index contributed by atoms with van der Waals surface area (Å²) in [6.45, 7) is 0. The van der Waals surface area contributed by atoms with Gasteiger partial charge in [0.1, 0.15) is 0 Å². The van der Waals surface area contributed by atoms with Crippen molar-refractivity contribution in [3.8, 4) is 0 Å². The van der Waals surface area contributed by atoms with E-state index >= 15 is 0 Å². The third-order valence-electron chi connectivity index (χ3n) is 1.41. The van der Waals surface area contributed by atoms with Gasteiger partial charge in [0.05, 0.1) is 6.10 Å². The summed E-state index contributed by atoms with van der Waals surface area (Å²) < 4.78 is 0. The maximum Gasteiger partial charge on any atom is 0.0548 e. The SMILES string of the molecule is OC(CCS)CCCCS. The minimum absolute atomic E-state index is 0.141. The molecule has 0 heterocycles. The van der Waals surface area contributed by atoms with Crippen molar-refractivity contribution >= 4 is 25.3 Å². The first-order chi connectivity index (χ1) is 4.81. The van der Waals surface area contributed by atoms with Crippen LogP contribution < -0.4 is 0 Å². The lowest BCUT2D eigenvalue weighted by molar-refractivity contribution is 0.159. The predicted molar refractivity (Wildman–Crippen MR) is 52.2 cm³/mol. The van der Waals surface area contributed by atoms with Crippen LogP contribution in [0.1, 0.15) is 25.7 Å². The lowest BCUT2D eigenvalue weighted by atomic mass is 10.1. The average Bonchev–Trinajstić information content (AvgIpc) is 1.89. The summed E-state index contributed by atoms with van der Waals surface area (Å²) in [5.74, 6) is 1.70. The summed E-state index contributed by atoms with van der Waals surface area (Å²) in [7, 11) is 0. The molecule has 3 heteroatoms. The van der Waals surface area contributed by atoms with Gasteiger partial charge in [-0.3, -0.25) is 0 Å². The molecule has 0 bridgehead atoms. The topological polar surface area (TPSA) is 20.2 Å². The molecule has 0 radical (unpaired) electrons. The number of hydrogen-bond donors (Lipinski definition) is 3. The highest BCUT2D eigenvalue weighted by Crippen LogP contribution is 2.05. The molecule has 0 fully saturated rings. The molecule has 0 saturated heterocycles. The van der Waals surface area contributed by atoms with Crippen LogP contribution in [0.15, 0.2) is 0 Å². The summed E-state index contributed by atoms with van der Waals surface area (Å²) >= 11 is 8.11. The molecule has 1 unspecified atom stereocenters. The van der Waals surface area contributed by atoms with E-state index in [1.165, 1.54) is 0 Å². The number of unbranched alkanes of at least 4 members (excludes halogenated alkanes) is 1. The van der Waals surface area contributed by atoms with Crippen LogP contribution in [0.2, 0.25) is 0 Å². The van der Waals surface area contributed by atoms with Crippen molar-refractivity contribution in [2.24, 2.45) is 0 Å². The second kappa shape index (κ2) is 7.76. The van der Waals surface area contributed by atoms with Gasteiger partial charge in [0.15, 0.2) is 0 Å². The standard InChI is InChI=1S/C7H16OS2/c8-7(4-6-10)3-1-2-5-9/h7-10H,1-6H2. The van der Waals surface area contributed by atoms with Crippen molar-refractivity contribution in [2.75, 3.05) is 11.5 Å². The molecule has 0 aromatic heterocycles. The fraction of sp³-hybridized carbons (Fsp3) is 1.00. The summed E-state index contributed by atoms with van der Waals surface area (Å²) in [4.78, 5) is 0. The number of rotatable bonds is 6. The molecule has 1 nitrogen and oxygen atoms in total. The van der Waals surface area contributed by atoms with E-state index in [1.807, 2.05) is 0 Å². The van der Waals surface area contributed by atoms with Gasteiger partial charge in [-0.1, -0.05) is 6.42 Å². The Morgan fingerprint density at radius 1 is 1.00 bits per heavy atom. The van der Waals surface area contributed by atoms with Gasteiger partial charge < -0.3 is 5.11 Å². The van der Waals surface area contributed by atoms with Crippen LogP contribution in [0.5, 0.6) is 0 Å². The van der Waals surface area contributed by atoms with E-state index in [0.29, 0.717) is 0 Å². The highest BCUT2D eigenvalue weighted by Gasteiger charge is 2.00.